The minimum atomic E-state index is 0.742. The molecule has 2 nitrogen and oxygen atoms in total. The molecule has 3 heteroatoms. The van der Waals surface area contributed by atoms with Gasteiger partial charge in [0.15, 0.2) is 0 Å². The van der Waals surface area contributed by atoms with Crippen molar-refractivity contribution in [2.45, 2.75) is 26.3 Å². The smallest absolute Gasteiger partial charge is 0.0483 e. The first kappa shape index (κ1) is 11.5. The minimum absolute atomic E-state index is 0.742. The molecule has 2 aromatic rings. The molecule has 0 aliphatic carbocycles. The van der Waals surface area contributed by atoms with Gasteiger partial charge < -0.3 is 10.3 Å². The van der Waals surface area contributed by atoms with Gasteiger partial charge in [0, 0.05) is 28.2 Å². The van der Waals surface area contributed by atoms with Gasteiger partial charge in [-0.05, 0) is 50.6 Å². The van der Waals surface area contributed by atoms with Crippen molar-refractivity contribution < 1.29 is 0 Å². The molecule has 0 unspecified atom stereocenters. The number of rotatable bonds is 4. The van der Waals surface area contributed by atoms with Gasteiger partial charge in [0.1, 0.15) is 0 Å². The Morgan fingerprint density at radius 1 is 1.31 bits per heavy atom. The highest BCUT2D eigenvalue weighted by Crippen LogP contribution is 2.24. The Bertz CT molecular complexity index is 488. The Labute approximate surface area is 101 Å². The fourth-order valence-corrected chi connectivity index (χ4v) is 2.34. The molecule has 0 aliphatic rings. The van der Waals surface area contributed by atoms with Crippen LogP contribution in [0.15, 0.2) is 24.3 Å². The monoisotopic (exact) mass is 236 g/mol. The molecule has 2 N–H and O–H groups in total. The van der Waals surface area contributed by atoms with E-state index in [4.69, 9.17) is 17.3 Å². The fraction of sp³-hybridized carbons (Fsp3) is 0.385. The highest BCUT2D eigenvalue weighted by molar-refractivity contribution is 6.31. The van der Waals surface area contributed by atoms with E-state index in [1.807, 2.05) is 12.1 Å². The maximum absolute atomic E-state index is 6.00. The van der Waals surface area contributed by atoms with Crippen molar-refractivity contribution in [2.24, 2.45) is 5.73 Å². The van der Waals surface area contributed by atoms with E-state index in [2.05, 4.69) is 23.6 Å². The number of nitrogens with two attached hydrogens (primary N) is 1. The van der Waals surface area contributed by atoms with E-state index >= 15 is 0 Å². The predicted molar refractivity (Wildman–Crippen MR) is 70.0 cm³/mol. The number of aryl methyl sites for hydroxylation is 2. The van der Waals surface area contributed by atoms with E-state index < -0.39 is 0 Å². The fourth-order valence-electron chi connectivity index (χ4n) is 2.16. The zero-order chi connectivity index (χ0) is 11.5. The molecular formula is C13H17ClN2. The van der Waals surface area contributed by atoms with Crippen LogP contribution in [0.4, 0.5) is 0 Å². The molecule has 1 aromatic carbocycles. The zero-order valence-corrected chi connectivity index (χ0v) is 10.3. The molecule has 0 amide bonds. The summed E-state index contributed by atoms with van der Waals surface area (Å²) in [5.41, 5.74) is 8.17. The average Bonchev–Trinajstić information content (AvgIpc) is 2.62. The van der Waals surface area contributed by atoms with Gasteiger partial charge in [-0.1, -0.05) is 11.6 Å². The van der Waals surface area contributed by atoms with E-state index in [1.165, 1.54) is 16.6 Å². The first-order valence-corrected chi connectivity index (χ1v) is 6.11. The van der Waals surface area contributed by atoms with Gasteiger partial charge in [0.05, 0.1) is 0 Å². The van der Waals surface area contributed by atoms with Gasteiger partial charge >= 0.3 is 0 Å². The van der Waals surface area contributed by atoms with Crippen molar-refractivity contribution >= 4 is 22.5 Å². The van der Waals surface area contributed by atoms with E-state index in [0.29, 0.717) is 0 Å². The van der Waals surface area contributed by atoms with E-state index in [0.717, 1.165) is 31.0 Å². The van der Waals surface area contributed by atoms with Gasteiger partial charge in [0.2, 0.25) is 0 Å². The number of aromatic nitrogens is 1. The molecule has 0 spiro atoms. The summed E-state index contributed by atoms with van der Waals surface area (Å²) in [7, 11) is 0. The van der Waals surface area contributed by atoms with Crippen molar-refractivity contribution in [3.63, 3.8) is 0 Å². The highest BCUT2D eigenvalue weighted by Gasteiger charge is 2.07. The summed E-state index contributed by atoms with van der Waals surface area (Å²) in [5, 5.41) is 2.02. The lowest BCUT2D eigenvalue weighted by Crippen LogP contribution is -2.05. The molecule has 0 fully saturated rings. The van der Waals surface area contributed by atoms with Crippen LogP contribution in [0.3, 0.4) is 0 Å². The molecule has 0 radical (unpaired) electrons. The summed E-state index contributed by atoms with van der Waals surface area (Å²) in [6, 6.07) is 8.28. The SMILES string of the molecule is CCn1c(CCCN)cc2cc(Cl)ccc21. The van der Waals surface area contributed by atoms with Crippen molar-refractivity contribution in [1.29, 1.82) is 0 Å². The zero-order valence-electron chi connectivity index (χ0n) is 9.54. The summed E-state index contributed by atoms with van der Waals surface area (Å²) in [4.78, 5) is 0. The van der Waals surface area contributed by atoms with Crippen molar-refractivity contribution in [1.82, 2.24) is 4.57 Å². The van der Waals surface area contributed by atoms with Crippen LogP contribution >= 0.6 is 11.6 Å². The lowest BCUT2D eigenvalue weighted by Gasteiger charge is -2.07. The Hall–Kier alpha value is -0.990. The molecule has 0 bridgehead atoms. The number of hydrogen-bond donors (Lipinski definition) is 1. The van der Waals surface area contributed by atoms with Gasteiger partial charge in [-0.3, -0.25) is 0 Å². The van der Waals surface area contributed by atoms with Crippen LogP contribution in [0.5, 0.6) is 0 Å². The van der Waals surface area contributed by atoms with Crippen LogP contribution < -0.4 is 5.73 Å². The quantitative estimate of drug-likeness (QED) is 0.869. The van der Waals surface area contributed by atoms with Crippen LogP contribution in [-0.4, -0.2) is 11.1 Å². The molecule has 0 atom stereocenters. The van der Waals surface area contributed by atoms with Crippen molar-refractivity contribution in [2.75, 3.05) is 6.54 Å². The third-order valence-electron chi connectivity index (χ3n) is 2.90. The second kappa shape index (κ2) is 4.89. The van der Waals surface area contributed by atoms with Gasteiger partial charge in [-0.2, -0.15) is 0 Å². The van der Waals surface area contributed by atoms with Crippen LogP contribution in [0.1, 0.15) is 19.0 Å². The largest absolute Gasteiger partial charge is 0.345 e. The molecule has 86 valence electrons. The second-order valence-corrected chi connectivity index (χ2v) is 4.41. The Morgan fingerprint density at radius 2 is 2.12 bits per heavy atom. The third kappa shape index (κ3) is 2.08. The second-order valence-electron chi connectivity index (χ2n) is 3.98. The summed E-state index contributed by atoms with van der Waals surface area (Å²) < 4.78 is 2.33. The van der Waals surface area contributed by atoms with E-state index in [9.17, 15) is 0 Å². The average molecular weight is 237 g/mol. The number of benzene rings is 1. The van der Waals surface area contributed by atoms with E-state index in [1.54, 1.807) is 0 Å². The van der Waals surface area contributed by atoms with E-state index in [-0.39, 0.29) is 0 Å². The highest BCUT2D eigenvalue weighted by atomic mass is 35.5. The molecule has 16 heavy (non-hydrogen) atoms. The van der Waals surface area contributed by atoms with Crippen LogP contribution in [0.2, 0.25) is 5.02 Å². The molecule has 2 rings (SSSR count). The van der Waals surface area contributed by atoms with Gasteiger partial charge in [-0.15, -0.1) is 0 Å². The molecule has 1 heterocycles. The molecule has 0 saturated carbocycles. The Morgan fingerprint density at radius 3 is 2.81 bits per heavy atom. The number of hydrogen-bond acceptors (Lipinski definition) is 1. The molecule has 0 saturated heterocycles. The van der Waals surface area contributed by atoms with Gasteiger partial charge in [0.25, 0.3) is 0 Å². The summed E-state index contributed by atoms with van der Waals surface area (Å²) in [6.45, 7) is 3.90. The van der Waals surface area contributed by atoms with Crippen molar-refractivity contribution in [3.05, 3.63) is 35.0 Å². The topological polar surface area (TPSA) is 30.9 Å². The minimum Gasteiger partial charge on any atom is -0.345 e. The summed E-state index contributed by atoms with van der Waals surface area (Å²) in [5.74, 6) is 0. The normalized spacial score (nSPS) is 11.2. The third-order valence-corrected chi connectivity index (χ3v) is 3.14. The van der Waals surface area contributed by atoms with Crippen LogP contribution in [0.25, 0.3) is 10.9 Å². The first-order valence-electron chi connectivity index (χ1n) is 5.74. The number of nitrogens with zero attached hydrogens (tertiary/aromatic N) is 1. The molecule has 0 aliphatic heterocycles. The molecular weight excluding hydrogens is 220 g/mol. The predicted octanol–water partition coefficient (Wildman–Crippen LogP) is 3.21. The lowest BCUT2D eigenvalue weighted by molar-refractivity contribution is 0.707. The maximum atomic E-state index is 6.00. The Balaban J connectivity index is 2.48. The summed E-state index contributed by atoms with van der Waals surface area (Å²) >= 11 is 6.00. The van der Waals surface area contributed by atoms with Gasteiger partial charge in [-0.25, -0.2) is 0 Å². The Kier molecular flexibility index (Phi) is 3.52. The maximum Gasteiger partial charge on any atom is 0.0483 e. The summed E-state index contributed by atoms with van der Waals surface area (Å²) in [6.07, 6.45) is 2.07. The molecule has 1 aromatic heterocycles. The standard InChI is InChI=1S/C13H17ClN2/c1-2-16-12(4-3-7-15)9-10-8-11(14)5-6-13(10)16/h5-6,8-9H,2-4,7,15H2,1H3. The first-order chi connectivity index (χ1) is 7.76. The number of fused-ring (bicyclic) bond motifs is 1. The number of halogens is 1. The lowest BCUT2D eigenvalue weighted by atomic mass is 10.2. The van der Waals surface area contributed by atoms with Crippen LogP contribution in [0, 0.1) is 0 Å². The van der Waals surface area contributed by atoms with Crippen LogP contribution in [-0.2, 0) is 13.0 Å². The van der Waals surface area contributed by atoms with Crippen molar-refractivity contribution in [3.8, 4) is 0 Å².